The fraction of sp³-hybridized carbons (Fsp3) is 0.125. The lowest BCUT2D eigenvalue weighted by Crippen LogP contribution is -2.25. The maximum atomic E-state index is 12.7. The number of carbonyl (C=O) groups excluding carboxylic acids is 1. The van der Waals surface area contributed by atoms with Gasteiger partial charge in [-0.05, 0) is 42.3 Å². The van der Waals surface area contributed by atoms with E-state index in [2.05, 4.69) is 15.8 Å². The minimum Gasteiger partial charge on any atom is -0.376 e. The molecule has 0 bridgehead atoms. The number of hydrogen-bond donors (Lipinski definition) is 2. The Morgan fingerprint density at radius 2 is 2.00 bits per heavy atom. The fourth-order valence-electron chi connectivity index (χ4n) is 1.70. The number of benzene rings is 2. The summed E-state index contributed by atoms with van der Waals surface area (Å²) in [5.41, 5.74) is 5.12. The molecule has 0 aliphatic rings. The summed E-state index contributed by atoms with van der Waals surface area (Å²) in [6, 6.07) is 13.6. The summed E-state index contributed by atoms with van der Waals surface area (Å²) in [6.07, 6.45) is 1.46. The van der Waals surface area contributed by atoms with Gasteiger partial charge in [-0.1, -0.05) is 24.3 Å². The van der Waals surface area contributed by atoms with Crippen molar-refractivity contribution < 1.29 is 9.18 Å². The van der Waals surface area contributed by atoms with E-state index >= 15 is 0 Å². The van der Waals surface area contributed by atoms with Gasteiger partial charge in [0.1, 0.15) is 5.82 Å². The number of aryl methyl sites for hydroxylation is 1. The average molecular weight is 285 g/mol. The van der Waals surface area contributed by atoms with Crippen LogP contribution in [0.25, 0.3) is 0 Å². The van der Waals surface area contributed by atoms with E-state index in [4.69, 9.17) is 0 Å². The van der Waals surface area contributed by atoms with Gasteiger partial charge < -0.3 is 5.32 Å². The molecule has 2 aromatic rings. The van der Waals surface area contributed by atoms with Crippen LogP contribution in [0.2, 0.25) is 0 Å². The Bertz CT molecular complexity index is 638. The van der Waals surface area contributed by atoms with E-state index in [1.165, 1.54) is 18.3 Å². The van der Waals surface area contributed by atoms with Gasteiger partial charge in [-0.3, -0.25) is 4.79 Å². The first-order valence-electron chi connectivity index (χ1n) is 6.51. The molecule has 1 amide bonds. The second-order valence-corrected chi connectivity index (χ2v) is 4.57. The van der Waals surface area contributed by atoms with Crippen LogP contribution in [0.4, 0.5) is 10.1 Å². The molecule has 0 aliphatic carbocycles. The van der Waals surface area contributed by atoms with Crippen molar-refractivity contribution in [3.05, 3.63) is 65.5 Å². The quantitative estimate of drug-likeness (QED) is 0.655. The Balaban J connectivity index is 1.78. The molecule has 5 heteroatoms. The molecule has 21 heavy (non-hydrogen) atoms. The topological polar surface area (TPSA) is 53.5 Å². The van der Waals surface area contributed by atoms with E-state index in [1.807, 2.05) is 31.2 Å². The predicted molar refractivity (Wildman–Crippen MR) is 81.8 cm³/mol. The first-order valence-corrected chi connectivity index (χ1v) is 6.51. The standard InChI is InChI=1S/C16H16FN3O/c1-12-3-2-4-15(9-12)18-11-16(21)20-19-10-13-5-7-14(17)8-6-13/h2-10,18H,11H2,1H3,(H,20,21)/b19-10-. The van der Waals surface area contributed by atoms with Crippen molar-refractivity contribution in [2.75, 3.05) is 11.9 Å². The smallest absolute Gasteiger partial charge is 0.259 e. The highest BCUT2D eigenvalue weighted by Gasteiger charge is 1.99. The van der Waals surface area contributed by atoms with Gasteiger partial charge in [0.15, 0.2) is 0 Å². The minimum atomic E-state index is -0.307. The summed E-state index contributed by atoms with van der Waals surface area (Å²) in [6.45, 7) is 2.11. The summed E-state index contributed by atoms with van der Waals surface area (Å²) in [5.74, 6) is -0.562. The van der Waals surface area contributed by atoms with Crippen LogP contribution in [0.1, 0.15) is 11.1 Å². The molecule has 0 aromatic heterocycles. The molecule has 2 rings (SSSR count). The molecule has 0 radical (unpaired) electrons. The Labute approximate surface area is 122 Å². The van der Waals surface area contributed by atoms with Crippen molar-refractivity contribution in [2.45, 2.75) is 6.92 Å². The van der Waals surface area contributed by atoms with Crippen molar-refractivity contribution in [1.82, 2.24) is 5.43 Å². The first kappa shape index (κ1) is 14.7. The van der Waals surface area contributed by atoms with Crippen LogP contribution < -0.4 is 10.7 Å². The Kier molecular flexibility index (Phi) is 5.04. The van der Waals surface area contributed by atoms with Crippen LogP contribution in [0.3, 0.4) is 0 Å². The summed E-state index contributed by atoms with van der Waals surface area (Å²) in [4.78, 5) is 11.6. The third-order valence-corrected chi connectivity index (χ3v) is 2.74. The Morgan fingerprint density at radius 3 is 2.71 bits per heavy atom. The van der Waals surface area contributed by atoms with E-state index in [-0.39, 0.29) is 18.3 Å². The highest BCUT2D eigenvalue weighted by atomic mass is 19.1. The van der Waals surface area contributed by atoms with Gasteiger partial charge in [0.2, 0.25) is 0 Å². The summed E-state index contributed by atoms with van der Waals surface area (Å²) in [5, 5.41) is 6.82. The van der Waals surface area contributed by atoms with Gasteiger partial charge in [0, 0.05) is 5.69 Å². The summed E-state index contributed by atoms with van der Waals surface area (Å²) < 4.78 is 12.7. The fourth-order valence-corrected chi connectivity index (χ4v) is 1.70. The molecule has 0 saturated heterocycles. The number of nitrogens with one attached hydrogen (secondary N) is 2. The van der Waals surface area contributed by atoms with E-state index < -0.39 is 0 Å². The minimum absolute atomic E-state index is 0.129. The zero-order valence-corrected chi connectivity index (χ0v) is 11.6. The second kappa shape index (κ2) is 7.19. The lowest BCUT2D eigenvalue weighted by atomic mass is 10.2. The van der Waals surface area contributed by atoms with Crippen LogP contribution >= 0.6 is 0 Å². The normalized spacial score (nSPS) is 10.6. The van der Waals surface area contributed by atoms with Gasteiger partial charge in [-0.25, -0.2) is 9.82 Å². The van der Waals surface area contributed by atoms with Gasteiger partial charge in [-0.2, -0.15) is 5.10 Å². The number of halogens is 1. The molecule has 4 nitrogen and oxygen atoms in total. The van der Waals surface area contributed by atoms with Crippen LogP contribution in [0.5, 0.6) is 0 Å². The number of nitrogens with zero attached hydrogens (tertiary/aromatic N) is 1. The largest absolute Gasteiger partial charge is 0.376 e. The monoisotopic (exact) mass is 285 g/mol. The Morgan fingerprint density at radius 1 is 1.24 bits per heavy atom. The summed E-state index contributed by atoms with van der Waals surface area (Å²) in [7, 11) is 0. The maximum absolute atomic E-state index is 12.7. The molecule has 0 unspecified atom stereocenters. The molecule has 0 fully saturated rings. The second-order valence-electron chi connectivity index (χ2n) is 4.57. The number of hydrogen-bond acceptors (Lipinski definition) is 3. The van der Waals surface area contributed by atoms with Gasteiger partial charge in [0.25, 0.3) is 5.91 Å². The van der Waals surface area contributed by atoms with Crippen molar-refractivity contribution in [1.29, 1.82) is 0 Å². The molecule has 108 valence electrons. The SMILES string of the molecule is Cc1cccc(NCC(=O)N/N=C\c2ccc(F)cc2)c1. The van der Waals surface area contributed by atoms with E-state index in [0.717, 1.165) is 11.3 Å². The average Bonchev–Trinajstić information content (AvgIpc) is 2.47. The van der Waals surface area contributed by atoms with Crippen LogP contribution in [0, 0.1) is 12.7 Å². The number of carbonyl (C=O) groups is 1. The number of rotatable bonds is 5. The van der Waals surface area contributed by atoms with Crippen LogP contribution in [-0.2, 0) is 4.79 Å². The van der Waals surface area contributed by atoms with E-state index in [1.54, 1.807) is 12.1 Å². The molecule has 0 atom stereocenters. The maximum Gasteiger partial charge on any atom is 0.259 e. The number of anilines is 1. The lowest BCUT2D eigenvalue weighted by molar-refractivity contribution is -0.119. The van der Waals surface area contributed by atoms with Gasteiger partial charge in [-0.15, -0.1) is 0 Å². The third kappa shape index (κ3) is 5.06. The highest BCUT2D eigenvalue weighted by Crippen LogP contribution is 2.08. The number of amides is 1. The number of hydrazone groups is 1. The molecular weight excluding hydrogens is 269 g/mol. The predicted octanol–water partition coefficient (Wildman–Crippen LogP) is 2.70. The van der Waals surface area contributed by atoms with Crippen molar-refractivity contribution >= 4 is 17.8 Å². The highest BCUT2D eigenvalue weighted by molar-refractivity contribution is 5.84. The zero-order chi connectivity index (χ0) is 15.1. The molecular formula is C16H16FN3O. The van der Waals surface area contributed by atoms with E-state index in [0.29, 0.717) is 5.56 Å². The molecule has 0 aliphatic heterocycles. The first-order chi connectivity index (χ1) is 10.1. The van der Waals surface area contributed by atoms with Gasteiger partial charge >= 0.3 is 0 Å². The zero-order valence-electron chi connectivity index (χ0n) is 11.6. The van der Waals surface area contributed by atoms with Crippen molar-refractivity contribution in [2.24, 2.45) is 5.10 Å². The van der Waals surface area contributed by atoms with Crippen LogP contribution in [0.15, 0.2) is 53.6 Å². The molecule has 0 spiro atoms. The van der Waals surface area contributed by atoms with Crippen molar-refractivity contribution in [3.8, 4) is 0 Å². The van der Waals surface area contributed by atoms with Gasteiger partial charge in [0.05, 0.1) is 12.8 Å². The Hall–Kier alpha value is -2.69. The third-order valence-electron chi connectivity index (χ3n) is 2.74. The summed E-state index contributed by atoms with van der Waals surface area (Å²) >= 11 is 0. The van der Waals surface area contributed by atoms with Crippen LogP contribution in [-0.4, -0.2) is 18.7 Å². The van der Waals surface area contributed by atoms with E-state index in [9.17, 15) is 9.18 Å². The molecule has 0 saturated carbocycles. The molecule has 2 N–H and O–H groups in total. The van der Waals surface area contributed by atoms with Crippen molar-refractivity contribution in [3.63, 3.8) is 0 Å². The lowest BCUT2D eigenvalue weighted by Gasteiger charge is -2.05. The molecule has 2 aromatic carbocycles. The molecule has 0 heterocycles.